The predicted octanol–water partition coefficient (Wildman–Crippen LogP) is 6.75. The van der Waals surface area contributed by atoms with Gasteiger partial charge < -0.3 is 10.2 Å². The van der Waals surface area contributed by atoms with E-state index in [0.717, 1.165) is 18.2 Å². The smallest absolute Gasteiger partial charge is 0.243 e. The normalized spacial score (nSPS) is 12.8. The summed E-state index contributed by atoms with van der Waals surface area (Å²) >= 11 is 18.4. The topological polar surface area (TPSA) is 86.8 Å². The van der Waals surface area contributed by atoms with Crippen LogP contribution in [0.5, 0.6) is 0 Å². The van der Waals surface area contributed by atoms with Crippen molar-refractivity contribution in [3.63, 3.8) is 0 Å². The van der Waals surface area contributed by atoms with Crippen molar-refractivity contribution in [2.45, 2.75) is 58.2 Å². The van der Waals surface area contributed by atoms with Gasteiger partial charge in [-0.05, 0) is 67.3 Å². The number of carbonyl (C=O) groups excluding carboxylic acids is 2. The molecule has 0 saturated carbocycles. The fraction of sp³-hybridized carbons (Fsp3) is 0.355. The predicted molar refractivity (Wildman–Crippen MR) is 172 cm³/mol. The van der Waals surface area contributed by atoms with Gasteiger partial charge >= 0.3 is 0 Å². The number of carbonyl (C=O) groups is 2. The zero-order valence-corrected chi connectivity index (χ0v) is 27.0. The van der Waals surface area contributed by atoms with Crippen LogP contribution in [0.3, 0.4) is 0 Å². The molecule has 0 saturated heterocycles. The van der Waals surface area contributed by atoms with Crippen molar-refractivity contribution in [1.29, 1.82) is 0 Å². The van der Waals surface area contributed by atoms with E-state index in [2.05, 4.69) is 5.32 Å². The van der Waals surface area contributed by atoms with Gasteiger partial charge in [-0.25, -0.2) is 8.42 Å². The highest BCUT2D eigenvalue weighted by molar-refractivity contribution is 7.92. The molecule has 3 aromatic rings. The fourth-order valence-electron chi connectivity index (χ4n) is 4.44. The molecule has 0 aromatic heterocycles. The second kappa shape index (κ2) is 15.6. The third kappa shape index (κ3) is 9.90. The summed E-state index contributed by atoms with van der Waals surface area (Å²) in [7, 11) is -3.62. The lowest BCUT2D eigenvalue weighted by atomic mass is 10.0. The summed E-state index contributed by atoms with van der Waals surface area (Å²) in [6.45, 7) is 4.09. The highest BCUT2D eigenvalue weighted by Crippen LogP contribution is 2.25. The molecule has 0 heterocycles. The van der Waals surface area contributed by atoms with E-state index < -0.39 is 16.1 Å². The maximum atomic E-state index is 13.9. The van der Waals surface area contributed by atoms with Gasteiger partial charge in [0.25, 0.3) is 0 Å². The van der Waals surface area contributed by atoms with Gasteiger partial charge in [-0.15, -0.1) is 0 Å². The lowest BCUT2D eigenvalue weighted by Gasteiger charge is -2.33. The number of hydrogen-bond acceptors (Lipinski definition) is 4. The lowest BCUT2D eigenvalue weighted by molar-refractivity contribution is -0.141. The van der Waals surface area contributed by atoms with Crippen molar-refractivity contribution in [3.8, 4) is 0 Å². The van der Waals surface area contributed by atoms with Crippen LogP contribution in [-0.2, 0) is 32.6 Å². The van der Waals surface area contributed by atoms with Gasteiger partial charge in [0.2, 0.25) is 21.8 Å². The number of nitrogens with one attached hydrogen (secondary N) is 1. The quantitative estimate of drug-likeness (QED) is 0.209. The van der Waals surface area contributed by atoms with Gasteiger partial charge in [-0.3, -0.25) is 13.9 Å². The second-order valence-corrected chi connectivity index (χ2v) is 13.4. The van der Waals surface area contributed by atoms with Crippen LogP contribution in [0.2, 0.25) is 15.1 Å². The third-order valence-electron chi connectivity index (χ3n) is 6.88. The first-order valence-electron chi connectivity index (χ1n) is 13.7. The van der Waals surface area contributed by atoms with E-state index >= 15 is 0 Å². The summed E-state index contributed by atoms with van der Waals surface area (Å²) in [6, 6.07) is 20.2. The van der Waals surface area contributed by atoms with Crippen molar-refractivity contribution in [1.82, 2.24) is 10.2 Å². The monoisotopic (exact) mass is 651 g/mol. The maximum Gasteiger partial charge on any atom is 0.243 e. The molecule has 3 aromatic carbocycles. The Morgan fingerprint density at radius 1 is 0.905 bits per heavy atom. The molecule has 0 unspecified atom stereocenters. The van der Waals surface area contributed by atoms with Crippen molar-refractivity contribution in [3.05, 3.63) is 99.0 Å². The van der Waals surface area contributed by atoms with Crippen LogP contribution >= 0.6 is 34.8 Å². The van der Waals surface area contributed by atoms with Crippen molar-refractivity contribution >= 4 is 62.3 Å². The van der Waals surface area contributed by atoms with Crippen LogP contribution in [-0.4, -0.2) is 50.0 Å². The minimum atomic E-state index is -3.62. The summed E-state index contributed by atoms with van der Waals surface area (Å²) < 4.78 is 26.4. The largest absolute Gasteiger partial charge is 0.352 e. The Balaban J connectivity index is 1.91. The standard InChI is InChI=1S/C31H36Cl3N3O4S/c1-4-22(2)35-31(39)29(20-23-9-6-5-7-10-23)36(21-24-12-17-27(33)28(34)19-24)30(38)11-8-18-37(42(3,40)41)26-15-13-25(32)14-16-26/h5-7,9-10,12-17,19,22,29H,4,8,11,18,20-21H2,1-3H3,(H,35,39)/t22-,29-/m0/s1. The van der Waals surface area contributed by atoms with E-state index in [1.807, 2.05) is 44.2 Å². The van der Waals surface area contributed by atoms with E-state index in [1.165, 1.54) is 4.31 Å². The number of hydrogen-bond donors (Lipinski definition) is 1. The molecule has 0 aliphatic heterocycles. The molecule has 3 rings (SSSR count). The van der Waals surface area contributed by atoms with Crippen molar-refractivity contribution in [2.75, 3.05) is 17.1 Å². The molecule has 42 heavy (non-hydrogen) atoms. The SMILES string of the molecule is CC[C@H](C)NC(=O)[C@H](Cc1ccccc1)N(Cc1ccc(Cl)c(Cl)c1)C(=O)CCCN(c1ccc(Cl)cc1)S(C)(=O)=O. The highest BCUT2D eigenvalue weighted by atomic mass is 35.5. The number of rotatable bonds is 14. The maximum absolute atomic E-state index is 13.9. The third-order valence-corrected chi connectivity index (χ3v) is 9.06. The van der Waals surface area contributed by atoms with Crippen LogP contribution in [0, 0.1) is 0 Å². The number of halogens is 3. The van der Waals surface area contributed by atoms with Gasteiger partial charge in [0, 0.05) is 37.0 Å². The molecule has 0 fully saturated rings. The molecular weight excluding hydrogens is 617 g/mol. The molecule has 7 nitrogen and oxygen atoms in total. The molecule has 11 heteroatoms. The Labute approximate surface area is 263 Å². The van der Waals surface area contributed by atoms with Crippen LogP contribution in [0.15, 0.2) is 72.8 Å². The summed E-state index contributed by atoms with van der Waals surface area (Å²) in [5.74, 6) is -0.550. The van der Waals surface area contributed by atoms with Gasteiger partial charge in [-0.1, -0.05) is 78.1 Å². The molecule has 0 aliphatic rings. The summed E-state index contributed by atoms with van der Waals surface area (Å²) in [5.41, 5.74) is 2.07. The molecule has 2 atom stereocenters. The molecule has 0 bridgehead atoms. The van der Waals surface area contributed by atoms with E-state index in [-0.39, 0.29) is 43.8 Å². The Kier molecular flexibility index (Phi) is 12.5. The van der Waals surface area contributed by atoms with Gasteiger partial charge in [0.15, 0.2) is 0 Å². The van der Waals surface area contributed by atoms with Crippen LogP contribution in [0.25, 0.3) is 0 Å². The Hall–Kier alpha value is -2.78. The average Bonchev–Trinajstić information content (AvgIpc) is 2.95. The number of sulfonamides is 1. The molecule has 0 radical (unpaired) electrons. The Bertz CT molecular complexity index is 1450. The van der Waals surface area contributed by atoms with Crippen molar-refractivity contribution in [2.24, 2.45) is 0 Å². The lowest BCUT2D eigenvalue weighted by Crippen LogP contribution is -2.52. The van der Waals surface area contributed by atoms with Gasteiger partial charge in [-0.2, -0.15) is 0 Å². The molecule has 2 amide bonds. The second-order valence-electron chi connectivity index (χ2n) is 10.2. The summed E-state index contributed by atoms with van der Waals surface area (Å²) in [4.78, 5) is 29.1. The van der Waals surface area contributed by atoms with Gasteiger partial charge in [0.05, 0.1) is 22.0 Å². The summed E-state index contributed by atoms with van der Waals surface area (Å²) in [6.07, 6.45) is 2.41. The first kappa shape index (κ1) is 33.7. The van der Waals surface area contributed by atoms with Crippen LogP contribution < -0.4 is 9.62 Å². The van der Waals surface area contributed by atoms with E-state index in [0.29, 0.717) is 32.7 Å². The highest BCUT2D eigenvalue weighted by Gasteiger charge is 2.31. The van der Waals surface area contributed by atoms with Gasteiger partial charge in [0.1, 0.15) is 6.04 Å². The molecule has 226 valence electrons. The zero-order chi connectivity index (χ0) is 30.9. The van der Waals surface area contributed by atoms with Crippen LogP contribution in [0.4, 0.5) is 5.69 Å². The molecular formula is C31H36Cl3N3O4S. The molecule has 0 aliphatic carbocycles. The van der Waals surface area contributed by atoms with E-state index in [4.69, 9.17) is 34.8 Å². The minimum absolute atomic E-state index is 0.0167. The molecule has 0 spiro atoms. The molecule has 1 N–H and O–H groups in total. The zero-order valence-electron chi connectivity index (χ0n) is 23.9. The number of benzene rings is 3. The van der Waals surface area contributed by atoms with E-state index in [9.17, 15) is 18.0 Å². The average molecular weight is 653 g/mol. The number of anilines is 1. The van der Waals surface area contributed by atoms with Crippen molar-refractivity contribution < 1.29 is 18.0 Å². The number of nitrogens with zero attached hydrogens (tertiary/aromatic N) is 2. The Morgan fingerprint density at radius 3 is 2.17 bits per heavy atom. The summed E-state index contributed by atoms with van der Waals surface area (Å²) in [5, 5.41) is 4.25. The first-order valence-corrected chi connectivity index (χ1v) is 16.7. The minimum Gasteiger partial charge on any atom is -0.352 e. The Morgan fingerprint density at radius 2 is 1.57 bits per heavy atom. The number of amides is 2. The van der Waals surface area contributed by atoms with Crippen LogP contribution in [0.1, 0.15) is 44.2 Å². The fourth-order valence-corrected chi connectivity index (χ4v) is 5.85. The van der Waals surface area contributed by atoms with E-state index in [1.54, 1.807) is 47.4 Å². The first-order chi connectivity index (χ1) is 19.9.